The van der Waals surface area contributed by atoms with Gasteiger partial charge in [-0.15, -0.1) is 0 Å². The number of epoxide rings is 1. The van der Waals surface area contributed by atoms with Crippen LogP contribution >= 0.6 is 0 Å². The molecule has 4 rings (SSSR count). The summed E-state index contributed by atoms with van der Waals surface area (Å²) in [7, 11) is 0. The fourth-order valence-corrected chi connectivity index (χ4v) is 3.29. The normalized spacial score (nSPS) is 15.5. The molecule has 142 valence electrons. The maximum Gasteiger partial charge on any atom is 0.167 e. The van der Waals surface area contributed by atoms with E-state index >= 15 is 0 Å². The summed E-state index contributed by atoms with van der Waals surface area (Å²) in [4.78, 5) is 0. The van der Waals surface area contributed by atoms with E-state index in [1.54, 1.807) is 36.4 Å². The van der Waals surface area contributed by atoms with Crippen LogP contribution in [-0.4, -0.2) is 6.61 Å². The standard InChI is InChI=1S/C24H19F3O/c1-2-15-3-9-18(21(25)13-15)10-6-16-4-7-17(8-5-16)19-11-12-20(22-14-28-22)24(27)23(19)26/h2-5,7-9,11-13,22H,1,6,10,14H2. The largest absolute Gasteiger partial charge is 0.368 e. The summed E-state index contributed by atoms with van der Waals surface area (Å²) in [6.07, 6.45) is 2.49. The SMILES string of the molecule is C=Cc1ccc(CCc2ccc(-c3ccc(C4CO4)c(F)c3F)cc2)c(F)c1. The average Bonchev–Trinajstić information content (AvgIpc) is 3.55. The number of rotatable bonds is 6. The predicted molar refractivity (Wildman–Crippen MR) is 104 cm³/mol. The van der Waals surface area contributed by atoms with E-state index in [-0.39, 0.29) is 23.0 Å². The molecule has 3 aromatic carbocycles. The minimum atomic E-state index is -0.856. The number of hydrogen-bond acceptors (Lipinski definition) is 1. The van der Waals surface area contributed by atoms with E-state index in [2.05, 4.69) is 6.58 Å². The van der Waals surface area contributed by atoms with E-state index in [1.807, 2.05) is 18.2 Å². The Kier molecular flexibility index (Phi) is 5.05. The van der Waals surface area contributed by atoms with E-state index in [0.29, 0.717) is 30.6 Å². The molecule has 0 N–H and O–H groups in total. The van der Waals surface area contributed by atoms with Crippen molar-refractivity contribution < 1.29 is 17.9 Å². The Labute approximate surface area is 162 Å². The fourth-order valence-electron chi connectivity index (χ4n) is 3.29. The molecule has 1 nitrogen and oxygen atoms in total. The van der Waals surface area contributed by atoms with Gasteiger partial charge in [-0.3, -0.25) is 0 Å². The minimum Gasteiger partial charge on any atom is -0.368 e. The monoisotopic (exact) mass is 380 g/mol. The van der Waals surface area contributed by atoms with Gasteiger partial charge in [-0.1, -0.05) is 61.2 Å². The van der Waals surface area contributed by atoms with Crippen molar-refractivity contribution in [1.29, 1.82) is 0 Å². The maximum absolute atomic E-state index is 14.4. The van der Waals surface area contributed by atoms with E-state index in [0.717, 1.165) is 11.1 Å². The Morgan fingerprint density at radius 3 is 2.32 bits per heavy atom. The van der Waals surface area contributed by atoms with Crippen molar-refractivity contribution >= 4 is 6.08 Å². The predicted octanol–water partition coefficient (Wildman–Crippen LogP) is 6.27. The third kappa shape index (κ3) is 3.73. The molecule has 1 aliphatic heterocycles. The lowest BCUT2D eigenvalue weighted by atomic mass is 9.98. The molecule has 1 atom stereocenters. The van der Waals surface area contributed by atoms with Crippen molar-refractivity contribution in [3.05, 3.63) is 101 Å². The highest BCUT2D eigenvalue weighted by Gasteiger charge is 2.30. The van der Waals surface area contributed by atoms with Gasteiger partial charge in [0, 0.05) is 11.1 Å². The van der Waals surface area contributed by atoms with Crippen LogP contribution in [0, 0.1) is 17.5 Å². The second kappa shape index (κ2) is 7.64. The molecule has 4 heteroatoms. The molecule has 0 amide bonds. The van der Waals surface area contributed by atoms with Crippen LogP contribution in [0.1, 0.15) is 28.4 Å². The highest BCUT2D eigenvalue weighted by Crippen LogP contribution is 2.35. The van der Waals surface area contributed by atoms with Crippen LogP contribution in [0.4, 0.5) is 13.2 Å². The number of benzene rings is 3. The first-order chi connectivity index (χ1) is 13.6. The Balaban J connectivity index is 1.48. The second-order valence-electron chi connectivity index (χ2n) is 6.90. The van der Waals surface area contributed by atoms with E-state index < -0.39 is 11.6 Å². The smallest absolute Gasteiger partial charge is 0.167 e. The second-order valence-corrected chi connectivity index (χ2v) is 6.90. The maximum atomic E-state index is 14.4. The van der Waals surface area contributed by atoms with E-state index in [4.69, 9.17) is 4.74 Å². The van der Waals surface area contributed by atoms with Gasteiger partial charge in [-0.25, -0.2) is 13.2 Å². The van der Waals surface area contributed by atoms with Gasteiger partial charge in [0.15, 0.2) is 11.6 Å². The van der Waals surface area contributed by atoms with Gasteiger partial charge >= 0.3 is 0 Å². The zero-order valence-corrected chi connectivity index (χ0v) is 15.2. The molecule has 0 aromatic heterocycles. The zero-order valence-electron chi connectivity index (χ0n) is 15.2. The van der Waals surface area contributed by atoms with Crippen LogP contribution in [0.25, 0.3) is 17.2 Å². The molecule has 1 fully saturated rings. The van der Waals surface area contributed by atoms with Gasteiger partial charge in [-0.2, -0.15) is 0 Å². The van der Waals surface area contributed by atoms with Gasteiger partial charge in [-0.05, 0) is 41.2 Å². The summed E-state index contributed by atoms with van der Waals surface area (Å²) in [6, 6.07) is 15.5. The van der Waals surface area contributed by atoms with Gasteiger partial charge in [0.05, 0.1) is 6.61 Å². The molecule has 1 heterocycles. The molecule has 28 heavy (non-hydrogen) atoms. The zero-order chi connectivity index (χ0) is 19.7. The topological polar surface area (TPSA) is 12.5 Å². The first kappa shape index (κ1) is 18.5. The molecular weight excluding hydrogens is 361 g/mol. The Bertz CT molecular complexity index is 1020. The molecule has 3 aromatic rings. The quantitative estimate of drug-likeness (QED) is 0.459. The van der Waals surface area contributed by atoms with Crippen LogP contribution in [0.3, 0.4) is 0 Å². The number of halogens is 3. The summed E-state index contributed by atoms with van der Waals surface area (Å²) in [5, 5.41) is 0. The first-order valence-electron chi connectivity index (χ1n) is 9.16. The van der Waals surface area contributed by atoms with Crippen LogP contribution in [-0.2, 0) is 17.6 Å². The Hall–Kier alpha value is -2.85. The fraction of sp³-hybridized carbons (Fsp3) is 0.167. The summed E-state index contributed by atoms with van der Waals surface area (Å²) in [6.45, 7) is 4.07. The Morgan fingerprint density at radius 2 is 1.68 bits per heavy atom. The minimum absolute atomic E-state index is 0.222. The van der Waals surface area contributed by atoms with Crippen LogP contribution in [0.2, 0.25) is 0 Å². The summed E-state index contributed by atoms with van der Waals surface area (Å²) >= 11 is 0. The number of aryl methyl sites for hydroxylation is 2. The van der Waals surface area contributed by atoms with Gasteiger partial charge in [0.2, 0.25) is 0 Å². The van der Waals surface area contributed by atoms with E-state index in [1.165, 1.54) is 6.07 Å². The van der Waals surface area contributed by atoms with Crippen molar-refractivity contribution in [2.75, 3.05) is 6.61 Å². The molecule has 0 bridgehead atoms. The third-order valence-electron chi connectivity index (χ3n) is 5.05. The van der Waals surface area contributed by atoms with Crippen molar-refractivity contribution in [3.63, 3.8) is 0 Å². The van der Waals surface area contributed by atoms with Crippen molar-refractivity contribution in [2.45, 2.75) is 18.9 Å². The van der Waals surface area contributed by atoms with Gasteiger partial charge in [0.1, 0.15) is 11.9 Å². The van der Waals surface area contributed by atoms with Crippen molar-refractivity contribution in [1.82, 2.24) is 0 Å². The Morgan fingerprint density at radius 1 is 0.929 bits per heavy atom. The van der Waals surface area contributed by atoms with Crippen LogP contribution in [0.5, 0.6) is 0 Å². The third-order valence-corrected chi connectivity index (χ3v) is 5.05. The lowest BCUT2D eigenvalue weighted by Crippen LogP contribution is -1.97. The van der Waals surface area contributed by atoms with Crippen molar-refractivity contribution in [3.8, 4) is 11.1 Å². The molecule has 1 saturated heterocycles. The summed E-state index contributed by atoms with van der Waals surface area (Å²) in [5.41, 5.74) is 3.48. The number of hydrogen-bond donors (Lipinski definition) is 0. The lowest BCUT2D eigenvalue weighted by Gasteiger charge is -2.09. The first-order valence-corrected chi connectivity index (χ1v) is 9.16. The summed E-state index contributed by atoms with van der Waals surface area (Å²) in [5.74, 6) is -1.95. The van der Waals surface area contributed by atoms with Crippen molar-refractivity contribution in [2.24, 2.45) is 0 Å². The van der Waals surface area contributed by atoms with Gasteiger partial charge in [0.25, 0.3) is 0 Å². The van der Waals surface area contributed by atoms with E-state index in [9.17, 15) is 13.2 Å². The molecule has 1 aliphatic rings. The average molecular weight is 380 g/mol. The highest BCUT2D eigenvalue weighted by molar-refractivity contribution is 5.65. The summed E-state index contributed by atoms with van der Waals surface area (Å²) < 4.78 is 47.8. The molecule has 0 aliphatic carbocycles. The van der Waals surface area contributed by atoms with Gasteiger partial charge < -0.3 is 4.74 Å². The molecule has 0 radical (unpaired) electrons. The number of ether oxygens (including phenoxy) is 1. The molecule has 0 spiro atoms. The van der Waals surface area contributed by atoms with Crippen LogP contribution in [0.15, 0.2) is 61.2 Å². The highest BCUT2D eigenvalue weighted by atomic mass is 19.2. The molecular formula is C24H19F3O. The molecule has 0 saturated carbocycles. The molecule has 1 unspecified atom stereocenters. The lowest BCUT2D eigenvalue weighted by molar-refractivity contribution is 0.401. The van der Waals surface area contributed by atoms with Crippen LogP contribution < -0.4 is 0 Å².